The Balaban J connectivity index is 2.32. The van der Waals surface area contributed by atoms with Crippen molar-refractivity contribution in [3.63, 3.8) is 0 Å². The van der Waals surface area contributed by atoms with Gasteiger partial charge in [-0.2, -0.15) is 0 Å². The SMILES string of the molecule is CC1C=C(C(C)C)C=C(c2ccc(Cl)cc2)C1. The summed E-state index contributed by atoms with van der Waals surface area (Å²) in [7, 11) is 0. The molecule has 0 N–H and O–H groups in total. The maximum Gasteiger partial charge on any atom is 0.0406 e. The van der Waals surface area contributed by atoms with Gasteiger partial charge in [0.05, 0.1) is 0 Å². The maximum absolute atomic E-state index is 5.93. The van der Waals surface area contributed by atoms with Crippen molar-refractivity contribution in [3.05, 3.63) is 52.6 Å². The van der Waals surface area contributed by atoms with Crippen molar-refractivity contribution in [3.8, 4) is 0 Å². The summed E-state index contributed by atoms with van der Waals surface area (Å²) < 4.78 is 0. The molecule has 0 heterocycles. The van der Waals surface area contributed by atoms with Crippen LogP contribution in [0.3, 0.4) is 0 Å². The molecular formula is C16H19Cl. The Morgan fingerprint density at radius 3 is 2.41 bits per heavy atom. The van der Waals surface area contributed by atoms with Gasteiger partial charge in [-0.05, 0) is 47.1 Å². The summed E-state index contributed by atoms with van der Waals surface area (Å²) in [6.45, 7) is 6.78. The highest BCUT2D eigenvalue weighted by molar-refractivity contribution is 6.30. The van der Waals surface area contributed by atoms with E-state index in [9.17, 15) is 0 Å². The second-order valence-electron chi connectivity index (χ2n) is 5.18. The fourth-order valence-corrected chi connectivity index (χ4v) is 2.39. The van der Waals surface area contributed by atoms with E-state index in [1.54, 1.807) is 0 Å². The molecule has 0 fully saturated rings. The average Bonchev–Trinajstić information content (AvgIpc) is 2.29. The highest BCUT2D eigenvalue weighted by Gasteiger charge is 2.14. The number of halogens is 1. The fraction of sp³-hybridized carbons (Fsp3) is 0.375. The molecule has 0 spiro atoms. The largest absolute Gasteiger partial charge is 0.0843 e. The van der Waals surface area contributed by atoms with E-state index in [0.717, 1.165) is 11.4 Å². The van der Waals surface area contributed by atoms with Crippen LogP contribution in [-0.2, 0) is 0 Å². The first kappa shape index (κ1) is 12.4. The van der Waals surface area contributed by atoms with E-state index in [2.05, 4.69) is 45.1 Å². The van der Waals surface area contributed by atoms with Crippen molar-refractivity contribution < 1.29 is 0 Å². The number of benzene rings is 1. The smallest absolute Gasteiger partial charge is 0.0406 e. The number of rotatable bonds is 2. The minimum Gasteiger partial charge on any atom is -0.0843 e. The molecule has 0 bridgehead atoms. The van der Waals surface area contributed by atoms with Crippen molar-refractivity contribution in [1.29, 1.82) is 0 Å². The lowest BCUT2D eigenvalue weighted by Gasteiger charge is -2.21. The van der Waals surface area contributed by atoms with E-state index < -0.39 is 0 Å². The molecule has 0 saturated heterocycles. The maximum atomic E-state index is 5.93. The summed E-state index contributed by atoms with van der Waals surface area (Å²) in [5.41, 5.74) is 4.18. The molecule has 0 saturated carbocycles. The Morgan fingerprint density at radius 2 is 1.82 bits per heavy atom. The average molecular weight is 247 g/mol. The van der Waals surface area contributed by atoms with Gasteiger partial charge in [0.25, 0.3) is 0 Å². The molecule has 1 aliphatic carbocycles. The monoisotopic (exact) mass is 246 g/mol. The predicted molar refractivity (Wildman–Crippen MR) is 76.1 cm³/mol. The summed E-state index contributed by atoms with van der Waals surface area (Å²) in [5.74, 6) is 1.23. The first-order valence-corrected chi connectivity index (χ1v) is 6.62. The minimum absolute atomic E-state index is 0.597. The van der Waals surface area contributed by atoms with Gasteiger partial charge in [0, 0.05) is 5.02 Å². The highest BCUT2D eigenvalue weighted by Crippen LogP contribution is 2.32. The Morgan fingerprint density at radius 1 is 1.18 bits per heavy atom. The molecule has 0 amide bonds. The number of hydrogen-bond donors (Lipinski definition) is 0. The van der Waals surface area contributed by atoms with Gasteiger partial charge < -0.3 is 0 Å². The Hall–Kier alpha value is -1.01. The van der Waals surface area contributed by atoms with Crippen LogP contribution < -0.4 is 0 Å². The molecule has 17 heavy (non-hydrogen) atoms. The third-order valence-electron chi connectivity index (χ3n) is 3.24. The Labute approximate surface area is 109 Å². The van der Waals surface area contributed by atoms with Gasteiger partial charge in [-0.1, -0.05) is 56.7 Å². The van der Waals surface area contributed by atoms with E-state index in [-0.39, 0.29) is 0 Å². The Kier molecular flexibility index (Phi) is 3.73. The summed E-state index contributed by atoms with van der Waals surface area (Å²) in [6, 6.07) is 8.17. The molecule has 1 atom stereocenters. The lowest BCUT2D eigenvalue weighted by atomic mass is 9.84. The summed E-state index contributed by atoms with van der Waals surface area (Å²) in [6.07, 6.45) is 5.86. The van der Waals surface area contributed by atoms with Crippen molar-refractivity contribution in [1.82, 2.24) is 0 Å². The van der Waals surface area contributed by atoms with Crippen molar-refractivity contribution in [2.75, 3.05) is 0 Å². The molecule has 0 radical (unpaired) electrons. The fourth-order valence-electron chi connectivity index (χ4n) is 2.27. The molecule has 1 aromatic rings. The van der Waals surface area contributed by atoms with Crippen molar-refractivity contribution >= 4 is 17.2 Å². The zero-order valence-electron chi connectivity index (χ0n) is 10.7. The quantitative estimate of drug-likeness (QED) is 0.660. The van der Waals surface area contributed by atoms with Crippen LogP contribution in [0.5, 0.6) is 0 Å². The van der Waals surface area contributed by atoms with Crippen molar-refractivity contribution in [2.24, 2.45) is 11.8 Å². The van der Waals surface area contributed by atoms with Crippen molar-refractivity contribution in [2.45, 2.75) is 27.2 Å². The summed E-state index contributed by atoms with van der Waals surface area (Å²) in [4.78, 5) is 0. The normalized spacial score (nSPS) is 20.2. The lowest BCUT2D eigenvalue weighted by molar-refractivity contribution is 0.699. The third kappa shape index (κ3) is 3.01. The second kappa shape index (κ2) is 5.10. The zero-order valence-corrected chi connectivity index (χ0v) is 11.5. The van der Waals surface area contributed by atoms with Gasteiger partial charge >= 0.3 is 0 Å². The van der Waals surface area contributed by atoms with E-state index >= 15 is 0 Å². The molecule has 0 aromatic heterocycles. The zero-order chi connectivity index (χ0) is 12.4. The van der Waals surface area contributed by atoms with Crippen LogP contribution in [0.25, 0.3) is 5.57 Å². The first-order chi connectivity index (χ1) is 8.06. The third-order valence-corrected chi connectivity index (χ3v) is 3.49. The number of allylic oxidation sites excluding steroid dienone is 4. The van der Waals surface area contributed by atoms with Crippen LogP contribution >= 0.6 is 11.6 Å². The van der Waals surface area contributed by atoms with Gasteiger partial charge in [0.1, 0.15) is 0 Å². The molecule has 2 rings (SSSR count). The molecule has 1 unspecified atom stereocenters. The topological polar surface area (TPSA) is 0 Å². The minimum atomic E-state index is 0.597. The van der Waals surface area contributed by atoms with Crippen LogP contribution in [0.2, 0.25) is 5.02 Å². The van der Waals surface area contributed by atoms with Gasteiger partial charge in [0.15, 0.2) is 0 Å². The molecule has 1 heteroatoms. The van der Waals surface area contributed by atoms with E-state index in [1.165, 1.54) is 16.7 Å². The van der Waals surface area contributed by atoms with Gasteiger partial charge in [-0.3, -0.25) is 0 Å². The van der Waals surface area contributed by atoms with Gasteiger partial charge in [-0.25, -0.2) is 0 Å². The Bertz CT molecular complexity index is 449. The summed E-state index contributed by atoms with van der Waals surface area (Å²) >= 11 is 5.93. The van der Waals surface area contributed by atoms with Crippen LogP contribution in [0.1, 0.15) is 32.8 Å². The molecule has 1 aromatic carbocycles. The van der Waals surface area contributed by atoms with Crippen LogP contribution in [-0.4, -0.2) is 0 Å². The second-order valence-corrected chi connectivity index (χ2v) is 5.62. The van der Waals surface area contributed by atoms with Gasteiger partial charge in [-0.15, -0.1) is 0 Å². The van der Waals surface area contributed by atoms with E-state index in [4.69, 9.17) is 11.6 Å². The molecule has 0 aliphatic heterocycles. The number of hydrogen-bond acceptors (Lipinski definition) is 0. The van der Waals surface area contributed by atoms with Crippen LogP contribution in [0.15, 0.2) is 42.0 Å². The standard InChI is InChI=1S/C16H19Cl/c1-11(2)14-8-12(3)9-15(10-14)13-4-6-16(17)7-5-13/h4-8,10-12H,9H2,1-3H3. The molecule has 90 valence electrons. The predicted octanol–water partition coefficient (Wildman–Crippen LogP) is 5.35. The summed E-state index contributed by atoms with van der Waals surface area (Å²) in [5, 5.41) is 0.804. The van der Waals surface area contributed by atoms with Gasteiger partial charge in [0.2, 0.25) is 0 Å². The highest BCUT2D eigenvalue weighted by atomic mass is 35.5. The van der Waals surface area contributed by atoms with Crippen LogP contribution in [0.4, 0.5) is 0 Å². The lowest BCUT2D eigenvalue weighted by Crippen LogP contribution is -2.04. The van der Waals surface area contributed by atoms with Crippen LogP contribution in [0, 0.1) is 11.8 Å². The molecular weight excluding hydrogens is 228 g/mol. The first-order valence-electron chi connectivity index (χ1n) is 6.24. The van der Waals surface area contributed by atoms with E-state index in [0.29, 0.717) is 11.8 Å². The molecule has 0 nitrogen and oxygen atoms in total. The molecule has 1 aliphatic rings. The van der Waals surface area contributed by atoms with E-state index in [1.807, 2.05) is 12.1 Å².